The SMILES string of the molecule is Cn1cc(N2CC[C@@]3(CCN(C(=O)c4ccco4)C3)C2=O)cn1. The fraction of sp³-hybridized carbons (Fsp3) is 0.438. The van der Waals surface area contributed by atoms with Crippen LogP contribution in [-0.2, 0) is 11.8 Å². The molecule has 0 unspecified atom stereocenters. The summed E-state index contributed by atoms with van der Waals surface area (Å²) in [7, 11) is 1.83. The van der Waals surface area contributed by atoms with Crippen LogP contribution in [0.15, 0.2) is 35.2 Å². The monoisotopic (exact) mass is 314 g/mol. The molecular weight excluding hydrogens is 296 g/mol. The number of carbonyl (C=O) groups excluding carboxylic acids is 2. The van der Waals surface area contributed by atoms with E-state index in [9.17, 15) is 9.59 Å². The average Bonchev–Trinajstić information content (AvgIpc) is 3.30. The first-order valence-corrected chi connectivity index (χ1v) is 7.72. The zero-order valence-corrected chi connectivity index (χ0v) is 12.9. The van der Waals surface area contributed by atoms with Gasteiger partial charge in [-0.05, 0) is 25.0 Å². The summed E-state index contributed by atoms with van der Waals surface area (Å²) in [5.74, 6) is 0.288. The highest BCUT2D eigenvalue weighted by Crippen LogP contribution is 2.42. The number of likely N-dealkylation sites (tertiary alicyclic amines) is 1. The van der Waals surface area contributed by atoms with Gasteiger partial charge in [0.1, 0.15) is 0 Å². The Kier molecular flexibility index (Phi) is 3.04. The molecular formula is C16H18N4O3. The molecule has 2 fully saturated rings. The molecule has 2 aliphatic heterocycles. The molecule has 0 radical (unpaired) electrons. The first-order valence-electron chi connectivity index (χ1n) is 7.72. The van der Waals surface area contributed by atoms with Gasteiger partial charge in [0, 0.05) is 32.9 Å². The van der Waals surface area contributed by atoms with E-state index in [1.807, 2.05) is 13.2 Å². The van der Waals surface area contributed by atoms with Crippen LogP contribution >= 0.6 is 0 Å². The highest BCUT2D eigenvalue weighted by molar-refractivity contribution is 6.01. The second-order valence-corrected chi connectivity index (χ2v) is 6.31. The molecule has 2 aromatic rings. The molecule has 23 heavy (non-hydrogen) atoms. The normalized spacial score (nSPS) is 24.1. The Bertz CT molecular complexity index is 751. The third-order valence-corrected chi connectivity index (χ3v) is 4.89. The Morgan fingerprint density at radius 3 is 2.87 bits per heavy atom. The number of furan rings is 1. The predicted molar refractivity (Wildman–Crippen MR) is 81.8 cm³/mol. The second kappa shape index (κ2) is 4.97. The molecule has 1 spiro atoms. The zero-order valence-electron chi connectivity index (χ0n) is 12.9. The summed E-state index contributed by atoms with van der Waals surface area (Å²) >= 11 is 0. The van der Waals surface area contributed by atoms with Gasteiger partial charge in [-0.3, -0.25) is 14.3 Å². The summed E-state index contributed by atoms with van der Waals surface area (Å²) < 4.78 is 6.87. The van der Waals surface area contributed by atoms with Gasteiger partial charge in [0.2, 0.25) is 5.91 Å². The molecule has 0 aromatic carbocycles. The number of hydrogen-bond donors (Lipinski definition) is 0. The average molecular weight is 314 g/mol. The fourth-order valence-corrected chi connectivity index (χ4v) is 3.60. The minimum atomic E-state index is -0.460. The van der Waals surface area contributed by atoms with E-state index >= 15 is 0 Å². The summed E-state index contributed by atoms with van der Waals surface area (Å²) in [5.41, 5.74) is 0.364. The van der Waals surface area contributed by atoms with Crippen molar-refractivity contribution >= 4 is 17.5 Å². The highest BCUT2D eigenvalue weighted by Gasteiger charge is 2.52. The van der Waals surface area contributed by atoms with Gasteiger partial charge in [0.25, 0.3) is 5.91 Å². The zero-order chi connectivity index (χ0) is 16.0. The van der Waals surface area contributed by atoms with E-state index < -0.39 is 5.41 Å². The van der Waals surface area contributed by atoms with Gasteiger partial charge >= 0.3 is 0 Å². The maximum absolute atomic E-state index is 12.9. The maximum Gasteiger partial charge on any atom is 0.289 e. The van der Waals surface area contributed by atoms with E-state index in [1.54, 1.807) is 32.8 Å². The number of aryl methyl sites for hydroxylation is 1. The van der Waals surface area contributed by atoms with Crippen LogP contribution in [0.1, 0.15) is 23.4 Å². The van der Waals surface area contributed by atoms with Crippen LogP contribution < -0.4 is 4.90 Å². The second-order valence-electron chi connectivity index (χ2n) is 6.31. The molecule has 7 nitrogen and oxygen atoms in total. The molecule has 7 heteroatoms. The van der Waals surface area contributed by atoms with E-state index in [-0.39, 0.29) is 11.8 Å². The first kappa shape index (κ1) is 14.0. The van der Waals surface area contributed by atoms with Gasteiger partial charge in [-0.1, -0.05) is 0 Å². The third kappa shape index (κ3) is 2.15. The lowest BCUT2D eigenvalue weighted by atomic mass is 9.85. The van der Waals surface area contributed by atoms with Crippen molar-refractivity contribution in [3.63, 3.8) is 0 Å². The Balaban J connectivity index is 1.52. The van der Waals surface area contributed by atoms with Gasteiger partial charge in [-0.15, -0.1) is 0 Å². The van der Waals surface area contributed by atoms with Crippen molar-refractivity contribution < 1.29 is 14.0 Å². The molecule has 2 amide bonds. The molecule has 2 saturated heterocycles. The minimum absolute atomic E-state index is 0.0974. The Hall–Kier alpha value is -2.57. The van der Waals surface area contributed by atoms with E-state index in [4.69, 9.17) is 4.42 Å². The molecule has 2 aliphatic rings. The van der Waals surface area contributed by atoms with E-state index in [1.165, 1.54) is 6.26 Å². The quantitative estimate of drug-likeness (QED) is 0.837. The lowest BCUT2D eigenvalue weighted by Crippen LogP contribution is -2.38. The molecule has 0 bridgehead atoms. The number of hydrogen-bond acceptors (Lipinski definition) is 4. The Morgan fingerprint density at radius 1 is 1.35 bits per heavy atom. The third-order valence-electron chi connectivity index (χ3n) is 4.89. The first-order chi connectivity index (χ1) is 11.1. The highest BCUT2D eigenvalue weighted by atomic mass is 16.3. The standard InChI is InChI=1S/C16H18N4O3/c1-18-10-12(9-17-18)20-7-5-16(15(20)22)4-6-19(11-16)14(21)13-3-2-8-23-13/h2-3,8-10H,4-7,11H2,1H3/t16-/m1/s1. The lowest BCUT2D eigenvalue weighted by molar-refractivity contribution is -0.124. The summed E-state index contributed by atoms with van der Waals surface area (Å²) in [6.07, 6.45) is 6.51. The van der Waals surface area contributed by atoms with Crippen LogP contribution in [0, 0.1) is 5.41 Å². The van der Waals surface area contributed by atoms with Crippen molar-refractivity contribution in [1.82, 2.24) is 14.7 Å². The summed E-state index contributed by atoms with van der Waals surface area (Å²) in [6, 6.07) is 3.36. The molecule has 120 valence electrons. The molecule has 4 rings (SSSR count). The molecule has 4 heterocycles. The van der Waals surface area contributed by atoms with Crippen LogP contribution in [0.5, 0.6) is 0 Å². The lowest BCUT2D eigenvalue weighted by Gasteiger charge is -2.22. The van der Waals surface area contributed by atoms with Gasteiger partial charge < -0.3 is 14.2 Å². The van der Waals surface area contributed by atoms with Crippen LogP contribution in [-0.4, -0.2) is 46.1 Å². The van der Waals surface area contributed by atoms with Crippen molar-refractivity contribution in [2.45, 2.75) is 12.8 Å². The summed E-state index contributed by atoms with van der Waals surface area (Å²) in [6.45, 7) is 1.72. The van der Waals surface area contributed by atoms with Gasteiger partial charge in [-0.25, -0.2) is 0 Å². The fourth-order valence-electron chi connectivity index (χ4n) is 3.60. The number of amides is 2. The van der Waals surface area contributed by atoms with Crippen LogP contribution in [0.25, 0.3) is 0 Å². The van der Waals surface area contributed by atoms with Gasteiger partial charge in [0.15, 0.2) is 5.76 Å². The van der Waals surface area contributed by atoms with Crippen molar-refractivity contribution in [3.05, 3.63) is 36.5 Å². The van der Waals surface area contributed by atoms with E-state index in [2.05, 4.69) is 5.10 Å². The maximum atomic E-state index is 12.9. The Morgan fingerprint density at radius 2 is 2.17 bits per heavy atom. The van der Waals surface area contributed by atoms with E-state index in [0.717, 1.165) is 12.1 Å². The number of rotatable bonds is 2. The summed E-state index contributed by atoms with van der Waals surface area (Å²) in [4.78, 5) is 28.8. The largest absolute Gasteiger partial charge is 0.459 e. The molecule has 1 atom stereocenters. The van der Waals surface area contributed by atoms with E-state index in [0.29, 0.717) is 31.8 Å². The molecule has 0 N–H and O–H groups in total. The topological polar surface area (TPSA) is 71.6 Å². The minimum Gasteiger partial charge on any atom is -0.459 e. The van der Waals surface area contributed by atoms with Crippen LogP contribution in [0.4, 0.5) is 5.69 Å². The van der Waals surface area contributed by atoms with Gasteiger partial charge in [0.05, 0.1) is 23.6 Å². The van der Waals surface area contributed by atoms with Crippen molar-refractivity contribution in [3.8, 4) is 0 Å². The van der Waals surface area contributed by atoms with Gasteiger partial charge in [-0.2, -0.15) is 5.10 Å². The number of nitrogens with zero attached hydrogens (tertiary/aromatic N) is 4. The van der Waals surface area contributed by atoms with Crippen molar-refractivity contribution in [2.24, 2.45) is 12.5 Å². The molecule has 2 aromatic heterocycles. The summed E-state index contributed by atoms with van der Waals surface area (Å²) in [5, 5.41) is 4.13. The van der Waals surface area contributed by atoms with Crippen molar-refractivity contribution in [1.29, 1.82) is 0 Å². The van der Waals surface area contributed by atoms with Crippen LogP contribution in [0.2, 0.25) is 0 Å². The van der Waals surface area contributed by atoms with Crippen molar-refractivity contribution in [2.75, 3.05) is 24.5 Å². The smallest absolute Gasteiger partial charge is 0.289 e. The predicted octanol–water partition coefficient (Wildman–Crippen LogP) is 1.28. The van der Waals surface area contributed by atoms with Crippen LogP contribution in [0.3, 0.4) is 0 Å². The number of anilines is 1. The Labute approximate surface area is 133 Å². The molecule has 0 saturated carbocycles. The number of aromatic nitrogens is 2. The molecule has 0 aliphatic carbocycles. The number of carbonyl (C=O) groups is 2.